The lowest BCUT2D eigenvalue weighted by molar-refractivity contribution is -0.136. The van der Waals surface area contributed by atoms with E-state index in [2.05, 4.69) is 0 Å². The number of amides is 1. The Kier molecular flexibility index (Phi) is 4.55. The molecule has 0 spiro atoms. The number of benzene rings is 1. The van der Waals surface area contributed by atoms with Gasteiger partial charge in [-0.1, -0.05) is 54.3 Å². The third-order valence-electron chi connectivity index (χ3n) is 3.49. The molecule has 0 unspecified atom stereocenters. The molecule has 1 amide bonds. The second-order valence-corrected chi connectivity index (χ2v) is 6.85. The van der Waals surface area contributed by atoms with E-state index in [1.165, 1.54) is 16.7 Å². The molecule has 0 aliphatic carbocycles. The number of carbonyl (C=O) groups is 2. The third kappa shape index (κ3) is 3.27. The summed E-state index contributed by atoms with van der Waals surface area (Å²) in [6.45, 7) is 0. The Bertz CT molecular complexity index is 855. The number of nitrogens with zero attached hydrogens (tertiary/aromatic N) is 1. The molecule has 1 saturated heterocycles. The van der Waals surface area contributed by atoms with Crippen molar-refractivity contribution < 1.29 is 19.1 Å². The van der Waals surface area contributed by atoms with Gasteiger partial charge in [-0.25, -0.2) is 0 Å². The summed E-state index contributed by atoms with van der Waals surface area (Å²) in [4.78, 5) is 25.0. The molecule has 0 radical (unpaired) electrons. The van der Waals surface area contributed by atoms with E-state index in [0.29, 0.717) is 26.3 Å². The van der Waals surface area contributed by atoms with Crippen LogP contribution in [0.1, 0.15) is 11.3 Å². The molecule has 2 heterocycles. The van der Waals surface area contributed by atoms with Crippen LogP contribution in [-0.4, -0.2) is 33.3 Å². The maximum atomic E-state index is 12.1. The largest absolute Gasteiger partial charge is 0.481 e. The number of rotatable bonds is 4. The van der Waals surface area contributed by atoms with E-state index in [1.54, 1.807) is 19.2 Å². The molecule has 1 aromatic heterocycles. The van der Waals surface area contributed by atoms with Crippen LogP contribution in [0.3, 0.4) is 0 Å². The van der Waals surface area contributed by atoms with Crippen LogP contribution in [0.15, 0.2) is 45.7 Å². The first-order chi connectivity index (χ1) is 11.5. The minimum atomic E-state index is -0.965. The van der Waals surface area contributed by atoms with E-state index >= 15 is 0 Å². The fourth-order valence-electron chi connectivity index (χ4n) is 2.28. The Balaban J connectivity index is 2.03. The molecule has 5 nitrogen and oxygen atoms in total. The van der Waals surface area contributed by atoms with Crippen LogP contribution >= 0.6 is 24.0 Å². The molecule has 0 atom stereocenters. The molecule has 1 aliphatic heterocycles. The van der Waals surface area contributed by atoms with Gasteiger partial charge in [-0.2, -0.15) is 0 Å². The zero-order valence-electron chi connectivity index (χ0n) is 12.7. The van der Waals surface area contributed by atoms with Crippen LogP contribution in [0.4, 0.5) is 0 Å². The lowest BCUT2D eigenvalue weighted by Crippen LogP contribution is -2.22. The fourth-order valence-corrected chi connectivity index (χ4v) is 3.43. The molecule has 7 heteroatoms. The maximum absolute atomic E-state index is 12.1. The normalized spacial score (nSPS) is 16.2. The van der Waals surface area contributed by atoms with Crippen LogP contribution in [0.2, 0.25) is 0 Å². The summed E-state index contributed by atoms with van der Waals surface area (Å²) in [5.74, 6) is -0.257. The standard InChI is InChI=1S/C17H13NO4S2/c1-18-16(21)14(24-17(18)23)9-13-11(8-15(19)20)7-12(22-13)10-5-3-2-4-6-10/h2-7,9H,8H2,1H3,(H,19,20)/b14-9-. The van der Waals surface area contributed by atoms with E-state index in [4.69, 9.17) is 21.7 Å². The number of carbonyl (C=O) groups excluding carboxylic acids is 1. The lowest BCUT2D eigenvalue weighted by atomic mass is 10.1. The molecule has 0 saturated carbocycles. The van der Waals surface area contributed by atoms with E-state index in [1.807, 2.05) is 30.3 Å². The zero-order chi connectivity index (χ0) is 17.3. The van der Waals surface area contributed by atoms with Crippen molar-refractivity contribution in [2.75, 3.05) is 7.05 Å². The van der Waals surface area contributed by atoms with Gasteiger partial charge < -0.3 is 9.52 Å². The minimum Gasteiger partial charge on any atom is -0.481 e. The number of carboxylic acid groups (broad SMARTS) is 1. The van der Waals surface area contributed by atoms with Crippen LogP contribution in [0.25, 0.3) is 17.4 Å². The second-order valence-electron chi connectivity index (χ2n) is 5.18. The van der Waals surface area contributed by atoms with Gasteiger partial charge in [-0.05, 0) is 6.07 Å². The van der Waals surface area contributed by atoms with Crippen LogP contribution in [-0.2, 0) is 16.0 Å². The molecule has 3 rings (SSSR count). The van der Waals surface area contributed by atoms with Crippen LogP contribution in [0.5, 0.6) is 0 Å². The van der Waals surface area contributed by atoms with Crippen molar-refractivity contribution in [2.24, 2.45) is 0 Å². The van der Waals surface area contributed by atoms with Gasteiger partial charge in [-0.3, -0.25) is 14.5 Å². The topological polar surface area (TPSA) is 70.8 Å². The number of thiocarbonyl (C=S) groups is 1. The minimum absolute atomic E-state index is 0.186. The summed E-state index contributed by atoms with van der Waals surface area (Å²) in [6.07, 6.45) is 1.38. The predicted octanol–water partition coefficient (Wildman–Crippen LogP) is 3.40. The highest BCUT2D eigenvalue weighted by molar-refractivity contribution is 8.26. The number of hydrogen-bond acceptors (Lipinski definition) is 5. The Labute approximate surface area is 148 Å². The highest BCUT2D eigenvalue weighted by Gasteiger charge is 2.29. The molecular weight excluding hydrogens is 346 g/mol. The highest BCUT2D eigenvalue weighted by Crippen LogP contribution is 2.34. The Morgan fingerprint density at radius 1 is 1.38 bits per heavy atom. The number of furan rings is 1. The second kappa shape index (κ2) is 6.62. The molecule has 2 aromatic rings. The quantitative estimate of drug-likeness (QED) is 0.666. The number of aliphatic carboxylic acids is 1. The molecule has 122 valence electrons. The summed E-state index contributed by atoms with van der Waals surface area (Å²) in [5, 5.41) is 9.10. The molecule has 1 aromatic carbocycles. The Morgan fingerprint density at radius 3 is 2.67 bits per heavy atom. The number of carboxylic acids is 1. The first-order valence-electron chi connectivity index (χ1n) is 7.07. The summed E-state index contributed by atoms with van der Waals surface area (Å²) in [6, 6.07) is 11.1. The smallest absolute Gasteiger partial charge is 0.307 e. The van der Waals surface area contributed by atoms with Crippen molar-refractivity contribution in [2.45, 2.75) is 6.42 Å². The molecule has 1 aliphatic rings. The molecule has 1 fully saturated rings. The van der Waals surface area contributed by atoms with Crippen molar-refractivity contribution in [1.29, 1.82) is 0 Å². The van der Waals surface area contributed by atoms with Crippen molar-refractivity contribution in [3.05, 3.63) is 52.6 Å². The van der Waals surface area contributed by atoms with Crippen molar-refractivity contribution >= 4 is 46.3 Å². The van der Waals surface area contributed by atoms with Gasteiger partial charge in [0.2, 0.25) is 0 Å². The highest BCUT2D eigenvalue weighted by atomic mass is 32.2. The Hall–Kier alpha value is -2.38. The van der Waals surface area contributed by atoms with Gasteiger partial charge in [0.05, 0.1) is 11.3 Å². The van der Waals surface area contributed by atoms with E-state index in [-0.39, 0.29) is 12.3 Å². The predicted molar refractivity (Wildman–Crippen MR) is 96.4 cm³/mol. The molecular formula is C17H13NO4S2. The van der Waals surface area contributed by atoms with Crippen LogP contribution < -0.4 is 0 Å². The van der Waals surface area contributed by atoms with Crippen molar-refractivity contribution in [1.82, 2.24) is 4.90 Å². The van der Waals surface area contributed by atoms with Gasteiger partial charge in [0.15, 0.2) is 0 Å². The van der Waals surface area contributed by atoms with Gasteiger partial charge in [0.1, 0.15) is 15.8 Å². The fraction of sp³-hybridized carbons (Fsp3) is 0.118. The summed E-state index contributed by atoms with van der Waals surface area (Å²) < 4.78 is 6.27. The summed E-state index contributed by atoms with van der Waals surface area (Å²) >= 11 is 6.27. The van der Waals surface area contributed by atoms with Crippen LogP contribution in [0, 0.1) is 0 Å². The van der Waals surface area contributed by atoms with Crippen molar-refractivity contribution in [3.8, 4) is 11.3 Å². The van der Waals surface area contributed by atoms with Gasteiger partial charge >= 0.3 is 5.97 Å². The average Bonchev–Trinajstić information content (AvgIpc) is 3.05. The van der Waals surface area contributed by atoms with E-state index < -0.39 is 5.97 Å². The number of hydrogen-bond donors (Lipinski definition) is 1. The zero-order valence-corrected chi connectivity index (χ0v) is 14.3. The monoisotopic (exact) mass is 359 g/mol. The maximum Gasteiger partial charge on any atom is 0.307 e. The first-order valence-corrected chi connectivity index (χ1v) is 8.29. The number of thioether (sulfide) groups is 1. The SMILES string of the molecule is CN1C(=O)/C(=C/c2oc(-c3ccccc3)cc2CC(=O)O)SC1=S. The summed E-state index contributed by atoms with van der Waals surface area (Å²) in [7, 11) is 1.61. The third-order valence-corrected chi connectivity index (χ3v) is 4.98. The molecule has 24 heavy (non-hydrogen) atoms. The molecule has 1 N–H and O–H groups in total. The average molecular weight is 359 g/mol. The van der Waals surface area contributed by atoms with Gasteiger partial charge in [0.25, 0.3) is 5.91 Å². The first kappa shape index (κ1) is 16.5. The van der Waals surface area contributed by atoms with Gasteiger partial charge in [-0.15, -0.1) is 0 Å². The van der Waals surface area contributed by atoms with Gasteiger partial charge in [0, 0.05) is 24.3 Å². The summed E-state index contributed by atoms with van der Waals surface area (Å²) in [5.41, 5.74) is 1.36. The number of likely N-dealkylation sites (N-methyl/N-ethyl adjacent to an activating group) is 1. The van der Waals surface area contributed by atoms with Crippen molar-refractivity contribution in [3.63, 3.8) is 0 Å². The molecule has 0 bridgehead atoms. The Morgan fingerprint density at radius 2 is 2.08 bits per heavy atom. The van der Waals surface area contributed by atoms with E-state index in [0.717, 1.165) is 5.56 Å². The van der Waals surface area contributed by atoms with E-state index in [9.17, 15) is 9.59 Å². The lowest BCUT2D eigenvalue weighted by Gasteiger charge is -2.03.